The van der Waals surface area contributed by atoms with Crippen LogP contribution >= 0.6 is 0 Å². The van der Waals surface area contributed by atoms with Crippen LogP contribution in [0.3, 0.4) is 0 Å². The van der Waals surface area contributed by atoms with Gasteiger partial charge in [-0.15, -0.1) is 0 Å². The Kier molecular flexibility index (Phi) is 7.49. The normalized spacial score (nSPS) is 25.3. The lowest BCUT2D eigenvalue weighted by molar-refractivity contribution is -0.134. The maximum atomic E-state index is 13.2. The molecule has 0 radical (unpaired) electrons. The summed E-state index contributed by atoms with van der Waals surface area (Å²) in [7, 11) is 3.21. The predicted molar refractivity (Wildman–Crippen MR) is 121 cm³/mol. The fourth-order valence-corrected chi connectivity index (χ4v) is 5.00. The first-order valence-corrected chi connectivity index (χ1v) is 11.7. The third-order valence-corrected chi connectivity index (χ3v) is 6.70. The third kappa shape index (κ3) is 5.65. The van der Waals surface area contributed by atoms with Crippen molar-refractivity contribution in [3.05, 3.63) is 23.8 Å². The number of rotatable bonds is 6. The first-order valence-electron chi connectivity index (χ1n) is 11.7. The Morgan fingerprint density at radius 1 is 1.15 bits per heavy atom. The molecule has 2 heterocycles. The van der Waals surface area contributed by atoms with Gasteiger partial charge in [-0.3, -0.25) is 14.4 Å². The van der Waals surface area contributed by atoms with Crippen LogP contribution in [0.25, 0.3) is 0 Å². The van der Waals surface area contributed by atoms with Crippen LogP contribution in [0.15, 0.2) is 18.2 Å². The average molecular weight is 460 g/mol. The average Bonchev–Trinajstić information content (AvgIpc) is 3.29. The van der Waals surface area contributed by atoms with Gasteiger partial charge < -0.3 is 29.7 Å². The first kappa shape index (κ1) is 23.5. The number of fused-ring (bicyclic) bond motifs is 2. The van der Waals surface area contributed by atoms with Crippen LogP contribution in [-0.4, -0.2) is 74.3 Å². The van der Waals surface area contributed by atoms with Crippen LogP contribution in [0, 0.1) is 0 Å². The van der Waals surface area contributed by atoms with Crippen LogP contribution in [0.2, 0.25) is 0 Å². The zero-order chi connectivity index (χ0) is 23.4. The molecule has 1 aromatic carbocycles. The Morgan fingerprint density at radius 2 is 1.94 bits per heavy atom. The Hall–Kier alpha value is -2.65. The topological polar surface area (TPSA) is 106 Å². The number of ether oxygens (including phenoxy) is 3. The molecular formula is C24H33N3O6. The van der Waals surface area contributed by atoms with Crippen LogP contribution in [0.4, 0.5) is 5.69 Å². The number of carbonyl (C=O) groups is 3. The van der Waals surface area contributed by atoms with Crippen molar-refractivity contribution in [1.82, 2.24) is 10.2 Å². The third-order valence-electron chi connectivity index (χ3n) is 6.70. The molecule has 2 fully saturated rings. The first-order chi connectivity index (χ1) is 15.9. The summed E-state index contributed by atoms with van der Waals surface area (Å²) < 4.78 is 17.1. The van der Waals surface area contributed by atoms with Crippen molar-refractivity contribution in [2.75, 3.05) is 32.7 Å². The monoisotopic (exact) mass is 459 g/mol. The molecule has 1 saturated carbocycles. The van der Waals surface area contributed by atoms with Gasteiger partial charge in [-0.05, 0) is 43.9 Å². The van der Waals surface area contributed by atoms with E-state index in [0.717, 1.165) is 19.3 Å². The highest BCUT2D eigenvalue weighted by atomic mass is 16.5. The molecule has 2 aliphatic heterocycles. The van der Waals surface area contributed by atoms with Crippen molar-refractivity contribution in [2.24, 2.45) is 0 Å². The summed E-state index contributed by atoms with van der Waals surface area (Å²) in [6, 6.07) is 5.15. The molecule has 180 valence electrons. The van der Waals surface area contributed by atoms with Gasteiger partial charge in [-0.25, -0.2) is 0 Å². The largest absolute Gasteiger partial charge is 0.490 e. The molecule has 1 saturated heterocycles. The fourth-order valence-electron chi connectivity index (χ4n) is 5.00. The summed E-state index contributed by atoms with van der Waals surface area (Å²) in [5.74, 6) is -0.00739. The number of nitrogens with one attached hydrogen (secondary N) is 2. The molecule has 9 nitrogen and oxygen atoms in total. The van der Waals surface area contributed by atoms with Gasteiger partial charge in [0.1, 0.15) is 25.1 Å². The van der Waals surface area contributed by atoms with Crippen LogP contribution in [0.1, 0.15) is 55.3 Å². The Morgan fingerprint density at radius 3 is 2.70 bits per heavy atom. The second-order valence-electron chi connectivity index (χ2n) is 9.11. The van der Waals surface area contributed by atoms with Gasteiger partial charge in [0, 0.05) is 25.9 Å². The molecule has 1 aliphatic carbocycles. The Bertz CT molecular complexity index is 885. The number of hydrogen-bond acceptors (Lipinski definition) is 6. The summed E-state index contributed by atoms with van der Waals surface area (Å²) >= 11 is 0. The van der Waals surface area contributed by atoms with E-state index >= 15 is 0 Å². The zero-order valence-corrected chi connectivity index (χ0v) is 19.3. The fraction of sp³-hybridized carbons (Fsp3) is 0.625. The van der Waals surface area contributed by atoms with E-state index in [-0.39, 0.29) is 49.2 Å². The number of benzene rings is 1. The summed E-state index contributed by atoms with van der Waals surface area (Å²) in [6.07, 6.45) is 5.74. The van der Waals surface area contributed by atoms with Gasteiger partial charge in [0.2, 0.25) is 11.8 Å². The summed E-state index contributed by atoms with van der Waals surface area (Å²) in [5.41, 5.74) is 0.899. The predicted octanol–water partition coefficient (Wildman–Crippen LogP) is 2.10. The Labute approximate surface area is 194 Å². The molecule has 0 unspecified atom stereocenters. The highest BCUT2D eigenvalue weighted by Crippen LogP contribution is 2.32. The second kappa shape index (κ2) is 10.5. The molecule has 33 heavy (non-hydrogen) atoms. The molecular weight excluding hydrogens is 426 g/mol. The molecule has 3 aliphatic rings. The lowest BCUT2D eigenvalue weighted by atomic mass is 9.94. The molecule has 4 rings (SSSR count). The van der Waals surface area contributed by atoms with E-state index < -0.39 is 0 Å². The minimum atomic E-state index is -0.314. The second-order valence-corrected chi connectivity index (χ2v) is 9.11. The van der Waals surface area contributed by atoms with E-state index in [1.54, 1.807) is 30.1 Å². The number of nitrogens with zero attached hydrogens (tertiary/aromatic N) is 1. The van der Waals surface area contributed by atoms with Gasteiger partial charge in [0.25, 0.3) is 5.91 Å². The number of anilines is 1. The van der Waals surface area contributed by atoms with Crippen molar-refractivity contribution in [3.8, 4) is 5.75 Å². The van der Waals surface area contributed by atoms with Gasteiger partial charge in [0.05, 0.1) is 24.1 Å². The molecule has 9 heteroatoms. The SMILES string of the molecule is COCC(=O)Nc1ccc2c(c1)C(=O)N(C)[C@@H]1CC[C@H](CC(=O)NC3CCCC3)O[C@@H]1CO2. The summed E-state index contributed by atoms with van der Waals surface area (Å²) in [6.45, 7) is 0.216. The number of hydrogen-bond donors (Lipinski definition) is 2. The van der Waals surface area contributed by atoms with Crippen molar-refractivity contribution < 1.29 is 28.6 Å². The number of amides is 3. The van der Waals surface area contributed by atoms with Crippen molar-refractivity contribution in [2.45, 2.75) is 69.2 Å². The highest BCUT2D eigenvalue weighted by Gasteiger charge is 2.39. The van der Waals surface area contributed by atoms with Crippen molar-refractivity contribution >= 4 is 23.4 Å². The van der Waals surface area contributed by atoms with E-state index in [2.05, 4.69) is 10.6 Å². The summed E-state index contributed by atoms with van der Waals surface area (Å²) in [4.78, 5) is 39.2. The van der Waals surface area contributed by atoms with E-state index in [1.165, 1.54) is 20.0 Å². The number of methoxy groups -OCH3 is 1. The van der Waals surface area contributed by atoms with Gasteiger partial charge >= 0.3 is 0 Å². The molecule has 0 spiro atoms. The molecule has 2 N–H and O–H groups in total. The van der Waals surface area contributed by atoms with Crippen LogP contribution < -0.4 is 15.4 Å². The van der Waals surface area contributed by atoms with Gasteiger partial charge in [-0.2, -0.15) is 0 Å². The highest BCUT2D eigenvalue weighted by molar-refractivity contribution is 6.00. The van der Waals surface area contributed by atoms with Crippen LogP contribution in [-0.2, 0) is 19.1 Å². The smallest absolute Gasteiger partial charge is 0.257 e. The minimum absolute atomic E-state index is 0.0370. The lowest BCUT2D eigenvalue weighted by Gasteiger charge is -2.42. The maximum Gasteiger partial charge on any atom is 0.257 e. The van der Waals surface area contributed by atoms with Crippen molar-refractivity contribution in [3.63, 3.8) is 0 Å². The minimum Gasteiger partial charge on any atom is -0.490 e. The summed E-state index contributed by atoms with van der Waals surface area (Å²) in [5, 5.41) is 5.84. The molecule has 3 atom stereocenters. The quantitative estimate of drug-likeness (QED) is 0.675. The van der Waals surface area contributed by atoms with E-state index in [1.807, 2.05) is 0 Å². The van der Waals surface area contributed by atoms with Gasteiger partial charge in [-0.1, -0.05) is 12.8 Å². The molecule has 1 aromatic rings. The van der Waals surface area contributed by atoms with Crippen molar-refractivity contribution in [1.29, 1.82) is 0 Å². The lowest BCUT2D eigenvalue weighted by Crippen LogP contribution is -2.54. The number of carbonyl (C=O) groups excluding carboxylic acids is 3. The van der Waals surface area contributed by atoms with Crippen LogP contribution in [0.5, 0.6) is 5.75 Å². The molecule has 0 aromatic heterocycles. The standard InChI is InChI=1S/C24H33N3O6/c1-27-19-9-8-17(12-22(28)25-15-5-3-4-6-15)33-21(19)13-32-20-10-7-16(11-18(20)24(27)30)26-23(29)14-31-2/h7,10-11,15,17,19,21H,3-6,8-9,12-14H2,1-2H3,(H,25,28)(H,26,29)/t17-,19-,21-/m1/s1. The van der Waals surface area contributed by atoms with E-state index in [4.69, 9.17) is 14.2 Å². The zero-order valence-electron chi connectivity index (χ0n) is 19.3. The molecule has 0 bridgehead atoms. The molecule has 3 amide bonds. The van der Waals surface area contributed by atoms with E-state index in [9.17, 15) is 14.4 Å². The maximum absolute atomic E-state index is 13.2. The number of likely N-dealkylation sites (N-methyl/N-ethyl adjacent to an activating group) is 1. The van der Waals surface area contributed by atoms with E-state index in [0.29, 0.717) is 35.9 Å². The van der Waals surface area contributed by atoms with Gasteiger partial charge in [0.15, 0.2) is 0 Å². The Balaban J connectivity index is 1.41.